The molecule has 8 aromatic rings. The Hall–Kier alpha value is -8.28. The Labute approximate surface area is 536 Å². The van der Waals surface area contributed by atoms with Crippen molar-refractivity contribution in [3.8, 4) is 11.5 Å². The number of hydrogen-bond acceptors (Lipinski definition) is 24. The van der Waals surface area contributed by atoms with Crippen LogP contribution in [0.5, 0.6) is 11.5 Å². The number of H-pyrrole nitrogens is 1. The minimum atomic E-state index is -1.37. The molecule has 0 spiro atoms. The highest BCUT2D eigenvalue weighted by atomic mass is 32.2. The van der Waals surface area contributed by atoms with Crippen LogP contribution in [0, 0.1) is 17.8 Å². The highest BCUT2D eigenvalue weighted by Crippen LogP contribution is 2.38. The van der Waals surface area contributed by atoms with E-state index in [2.05, 4.69) is 73.7 Å². The van der Waals surface area contributed by atoms with Crippen LogP contribution in [0.3, 0.4) is 0 Å². The number of aromatic nitrogens is 3. The molecule has 5 heterocycles. The number of aromatic carboxylic acids is 2. The molecule has 2 aliphatic rings. The number of carbonyl (C=O) groups excluding carboxylic acids is 3. The lowest BCUT2D eigenvalue weighted by Gasteiger charge is -2.27. The van der Waals surface area contributed by atoms with Crippen LogP contribution in [0.2, 0.25) is 11.6 Å². The second kappa shape index (κ2) is 32.3. The number of aryl methyl sites for hydroxylation is 2. The first-order chi connectivity index (χ1) is 42.9. The number of oxime groups is 3. The summed E-state index contributed by atoms with van der Waals surface area (Å²) in [4.78, 5) is 77.5. The minimum absolute atomic E-state index is 0.0444. The van der Waals surface area contributed by atoms with Crippen molar-refractivity contribution in [2.24, 2.45) is 15.5 Å². The van der Waals surface area contributed by atoms with Gasteiger partial charge in [-0.1, -0.05) is 153 Å². The van der Waals surface area contributed by atoms with Gasteiger partial charge in [0, 0.05) is 52.1 Å². The third-order valence-electron chi connectivity index (χ3n) is 13.4. The Balaban J connectivity index is 0.000000174. The summed E-state index contributed by atoms with van der Waals surface area (Å²) in [6.07, 6.45) is 0.201. The van der Waals surface area contributed by atoms with Crippen molar-refractivity contribution in [1.29, 1.82) is 0 Å². The maximum absolute atomic E-state index is 12.9. The van der Waals surface area contributed by atoms with Crippen LogP contribution in [-0.2, 0) is 54.9 Å². The molecular weight excluding hydrogens is 1260 g/mol. The van der Waals surface area contributed by atoms with Crippen LogP contribution < -0.4 is 9.31 Å². The monoisotopic (exact) mass is 1310 g/mol. The molecule has 0 unspecified atom stereocenters. The number of hydrogen-bond donors (Lipinski definition) is 7. The lowest BCUT2D eigenvalue weighted by molar-refractivity contribution is -0.135. The molecule has 89 heavy (non-hydrogen) atoms. The summed E-state index contributed by atoms with van der Waals surface area (Å²) < 4.78 is 18.0. The largest absolute Gasteiger partial charge is 0.535 e. The maximum Gasteiger partial charge on any atom is 0.526 e. The molecule has 7 N–H and O–H groups in total. The van der Waals surface area contributed by atoms with Crippen molar-refractivity contribution in [3.63, 3.8) is 0 Å². The molecule has 3 aromatic heterocycles. The smallest absolute Gasteiger partial charge is 0.526 e. The van der Waals surface area contributed by atoms with Gasteiger partial charge in [0.2, 0.25) is 5.71 Å². The number of thiazole rings is 3. The van der Waals surface area contributed by atoms with E-state index in [4.69, 9.17) is 36.3 Å². The molecule has 29 heteroatoms. The molecule has 0 fully saturated rings. The number of thioether (sulfide) groups is 2. The number of esters is 1. The van der Waals surface area contributed by atoms with Gasteiger partial charge >= 0.3 is 32.1 Å². The van der Waals surface area contributed by atoms with E-state index in [9.17, 15) is 49.4 Å². The highest BCUT2D eigenvalue weighted by Gasteiger charge is 2.40. The van der Waals surface area contributed by atoms with Crippen LogP contribution in [0.15, 0.2) is 156 Å². The van der Waals surface area contributed by atoms with E-state index in [1.54, 1.807) is 59.1 Å². The fraction of sp³-hybridized carbons (Fsp3) is 0.217. The zero-order valence-corrected chi connectivity index (χ0v) is 52.6. The van der Waals surface area contributed by atoms with Gasteiger partial charge in [0.1, 0.15) is 29.5 Å². The Morgan fingerprint density at radius 3 is 1.57 bits per heavy atom. The number of carboxylic acids is 2. The number of fused-ring (bicyclic) bond motifs is 2. The zero-order valence-electron chi connectivity index (χ0n) is 47.7. The lowest BCUT2D eigenvalue weighted by Crippen LogP contribution is -2.36. The fourth-order valence-electron chi connectivity index (χ4n) is 8.89. The van der Waals surface area contributed by atoms with Gasteiger partial charge < -0.3 is 54.5 Å². The van der Waals surface area contributed by atoms with Gasteiger partial charge in [0.25, 0.3) is 0 Å². The maximum atomic E-state index is 12.9. The van der Waals surface area contributed by atoms with Crippen LogP contribution in [0.1, 0.15) is 96.5 Å². The summed E-state index contributed by atoms with van der Waals surface area (Å²) >= 11 is 12.1. The second-order valence-electron chi connectivity index (χ2n) is 19.8. The number of aromatic amines is 1. The molecule has 10 rings (SSSR count). The van der Waals surface area contributed by atoms with Crippen molar-refractivity contribution in [2.45, 2.75) is 84.9 Å². The van der Waals surface area contributed by atoms with E-state index in [1.165, 1.54) is 74.6 Å². The molecule has 21 nitrogen and oxygen atoms in total. The Morgan fingerprint density at radius 2 is 1.12 bits per heavy atom. The molecule has 0 amide bonds. The summed E-state index contributed by atoms with van der Waals surface area (Å²) in [5, 5.41) is 73.1. The topological polar surface area (TPSA) is 322 Å². The van der Waals surface area contributed by atoms with Crippen LogP contribution >= 0.6 is 69.8 Å². The molecular formula is C60H56B2N6O15S6. The quantitative estimate of drug-likeness (QED) is 0.00630. The summed E-state index contributed by atoms with van der Waals surface area (Å²) in [5.41, 5.74) is 7.60. The van der Waals surface area contributed by atoms with Crippen molar-refractivity contribution in [2.75, 3.05) is 6.61 Å². The number of rotatable bonds is 22. The molecule has 5 aromatic carbocycles. The Kier molecular flexibility index (Phi) is 24.2. The minimum Gasteiger partial charge on any atom is -0.535 e. The molecule has 2 atom stereocenters. The summed E-state index contributed by atoms with van der Waals surface area (Å²) in [7, 11) is -2.72. The molecule has 458 valence electrons. The zero-order chi connectivity index (χ0) is 63.6. The van der Waals surface area contributed by atoms with Gasteiger partial charge in [-0.05, 0) is 85.8 Å². The van der Waals surface area contributed by atoms with Gasteiger partial charge in [0.15, 0.2) is 35.6 Å². The number of nitrogens with zero attached hydrogens (tertiary/aromatic N) is 5. The Morgan fingerprint density at radius 1 is 0.640 bits per heavy atom. The molecule has 0 aliphatic carbocycles. The standard InChI is InChI=1S/C23H21BN2O6S2.C22H22N2O3S2.C15H13BN2O6S2/c1-13-5-7-14(8-6-13)11-33-23-25-18(12-34-23)20(26-31)19(27)10-16-9-15-3-2-4-17(22(28)29)21(15)32-24(16)30;1-3-26-21(25)20(24-27-13-17-7-5-4-6-8-17)19-15-29-22(23-19)28-14-18-11-9-16(2)10-12-18;19-11(12(18-23)10-6-26-15(25)17-10)5-8-4-7-2-1-3-9(14(20)21)13(7)24-16(8)22/h2-8,12,16,30-31H,9-11H2,1H3,(H,28,29);4-12,15H,3,13-14H2,1-2H3;1-3,6,8,22-23H,4-5H2,(H,17,25)(H,20,21)/b26-20-;24-20-;18-12-/t16-;;8-/m1.1/s1. The SMILES string of the molecule is CCOC(=O)/C(=N\OCc1ccccc1)c1csc(SCc2ccc(C)cc2)n1.Cc1ccc(CSc2nc(/C(=N/O)C(=O)C[C@H]3Cc4cccc(C(=O)O)c4OB3O)cs2)cc1.O=C(C[C@H]1Cc2cccc(C(=O)O)c2OB1O)/C(=N\O)c1csc(=S)[nH]1. The number of carboxylic acid groups (broad SMARTS) is 2. The second-order valence-corrected chi connectivity index (χ2v) is 25.5. The van der Waals surface area contributed by atoms with Crippen LogP contribution in [0.25, 0.3) is 0 Å². The van der Waals surface area contributed by atoms with E-state index in [0.717, 1.165) is 31.3 Å². The number of nitrogens with one attached hydrogen (secondary N) is 1. The third kappa shape index (κ3) is 18.4. The number of benzene rings is 5. The first-order valence-corrected chi connectivity index (χ1v) is 32.2. The molecule has 0 radical (unpaired) electrons. The normalized spacial score (nSPS) is 14.5. The number of para-hydroxylation sites is 2. The van der Waals surface area contributed by atoms with Crippen molar-refractivity contribution < 1.29 is 73.5 Å². The lowest BCUT2D eigenvalue weighted by atomic mass is 9.64. The van der Waals surface area contributed by atoms with E-state index in [-0.39, 0.29) is 84.4 Å². The van der Waals surface area contributed by atoms with Crippen molar-refractivity contribution in [3.05, 3.63) is 203 Å². The average Bonchev–Trinajstić information content (AvgIpc) is 3.67. The third-order valence-corrected chi connectivity index (χ3v) is 18.7. The van der Waals surface area contributed by atoms with E-state index < -0.39 is 55.3 Å². The van der Waals surface area contributed by atoms with Crippen molar-refractivity contribution in [1.82, 2.24) is 15.0 Å². The van der Waals surface area contributed by atoms with Crippen LogP contribution in [0.4, 0.5) is 0 Å². The molecule has 0 bridgehead atoms. The number of Topliss-reactive ketones (excluding diaryl/α,β-unsaturated/α-hetero) is 2. The van der Waals surface area contributed by atoms with Gasteiger partial charge in [0.05, 0.1) is 23.4 Å². The molecule has 0 saturated carbocycles. The molecule has 2 aliphatic heterocycles. The number of ketones is 2. The van der Waals surface area contributed by atoms with Crippen LogP contribution in [-0.4, -0.2) is 113 Å². The number of carbonyl (C=O) groups is 5. The Bertz CT molecular complexity index is 3950. The summed E-state index contributed by atoms with van der Waals surface area (Å²) in [5.74, 6) is -3.35. The fourth-order valence-corrected chi connectivity index (χ4v) is 13.2. The van der Waals surface area contributed by atoms with E-state index in [0.29, 0.717) is 26.5 Å². The van der Waals surface area contributed by atoms with Crippen molar-refractivity contribution >= 4 is 131 Å². The average molecular weight is 1320 g/mol. The predicted octanol–water partition coefficient (Wildman–Crippen LogP) is 11.4. The number of ether oxygens (including phenoxy) is 1. The summed E-state index contributed by atoms with van der Waals surface area (Å²) in [6, 6.07) is 35.6. The van der Waals surface area contributed by atoms with E-state index in [1.807, 2.05) is 49.4 Å². The highest BCUT2D eigenvalue weighted by molar-refractivity contribution is 8.00. The van der Waals surface area contributed by atoms with Gasteiger partial charge in [-0.15, -0.1) is 34.0 Å². The summed E-state index contributed by atoms with van der Waals surface area (Å²) in [6.45, 7) is 6.38. The van der Waals surface area contributed by atoms with E-state index >= 15 is 0 Å². The van der Waals surface area contributed by atoms with Gasteiger partial charge in [-0.2, -0.15) is 0 Å². The van der Waals surface area contributed by atoms with Gasteiger partial charge in [-0.3, -0.25) is 9.59 Å². The first kappa shape index (κ1) is 66.7. The molecule has 0 saturated heterocycles. The van der Waals surface area contributed by atoms with Gasteiger partial charge in [-0.25, -0.2) is 24.4 Å². The predicted molar refractivity (Wildman–Crippen MR) is 344 cm³/mol. The first-order valence-electron chi connectivity index (χ1n) is 27.2.